The third-order valence-electron chi connectivity index (χ3n) is 3.67. The van der Waals surface area contributed by atoms with Crippen molar-refractivity contribution < 1.29 is 4.79 Å². The van der Waals surface area contributed by atoms with Crippen molar-refractivity contribution in [3.8, 4) is 0 Å². The van der Waals surface area contributed by atoms with Gasteiger partial charge in [0.2, 0.25) is 11.9 Å². The van der Waals surface area contributed by atoms with E-state index in [9.17, 15) is 4.79 Å². The van der Waals surface area contributed by atoms with E-state index in [-0.39, 0.29) is 18.0 Å². The molecule has 0 radical (unpaired) electrons. The number of aromatic nitrogens is 2. The molecule has 6 nitrogen and oxygen atoms in total. The molecule has 6 heteroatoms. The molecule has 2 rings (SSSR count). The van der Waals surface area contributed by atoms with E-state index in [1.165, 1.54) is 0 Å². The minimum atomic E-state index is -0.0344. The van der Waals surface area contributed by atoms with E-state index < -0.39 is 0 Å². The topological polar surface area (TPSA) is 84.1 Å². The van der Waals surface area contributed by atoms with Gasteiger partial charge in [0.1, 0.15) is 0 Å². The first-order chi connectivity index (χ1) is 9.69. The van der Waals surface area contributed by atoms with Crippen molar-refractivity contribution in [1.82, 2.24) is 15.3 Å². The van der Waals surface area contributed by atoms with Gasteiger partial charge in [0.15, 0.2) is 0 Å². The summed E-state index contributed by atoms with van der Waals surface area (Å²) in [5, 5.41) is 3.07. The number of carbonyl (C=O) groups excluding carboxylic acids is 1. The first-order valence-electron chi connectivity index (χ1n) is 7.26. The van der Waals surface area contributed by atoms with Crippen molar-refractivity contribution in [2.24, 2.45) is 5.73 Å². The summed E-state index contributed by atoms with van der Waals surface area (Å²) in [5.74, 6) is 0.832. The van der Waals surface area contributed by atoms with Crippen molar-refractivity contribution in [3.05, 3.63) is 18.5 Å². The monoisotopic (exact) mass is 277 g/mol. The summed E-state index contributed by atoms with van der Waals surface area (Å²) in [5.41, 5.74) is 5.79. The minimum absolute atomic E-state index is 0.0344. The summed E-state index contributed by atoms with van der Waals surface area (Å²) in [4.78, 5) is 22.5. The summed E-state index contributed by atoms with van der Waals surface area (Å²) < 4.78 is 0. The largest absolute Gasteiger partial charge is 0.353 e. The number of hydrogen-bond donors (Lipinski definition) is 2. The molecule has 0 aliphatic carbocycles. The van der Waals surface area contributed by atoms with Gasteiger partial charge in [-0.1, -0.05) is 6.92 Å². The minimum Gasteiger partial charge on any atom is -0.353 e. The Hall–Kier alpha value is -1.69. The van der Waals surface area contributed by atoms with Crippen LogP contribution in [0.15, 0.2) is 18.5 Å². The lowest BCUT2D eigenvalue weighted by Crippen LogP contribution is -2.46. The average Bonchev–Trinajstić information content (AvgIpc) is 2.48. The Labute approximate surface area is 119 Å². The number of rotatable bonds is 5. The maximum absolute atomic E-state index is 11.8. The number of nitrogens with one attached hydrogen (secondary N) is 1. The van der Waals surface area contributed by atoms with Gasteiger partial charge < -0.3 is 16.0 Å². The molecule has 1 aliphatic heterocycles. The highest BCUT2D eigenvalue weighted by Crippen LogP contribution is 2.15. The molecule has 3 N–H and O–H groups in total. The zero-order valence-corrected chi connectivity index (χ0v) is 12.0. The van der Waals surface area contributed by atoms with Crippen LogP contribution in [0.2, 0.25) is 0 Å². The standard InChI is InChI=1S/C14H23N5O/c1-2-11(15)10-13(20)18-12-4-8-19(9-5-12)14-16-6-3-7-17-14/h3,6-7,11-12H,2,4-5,8-10,15H2,1H3,(H,18,20). The maximum atomic E-state index is 11.8. The normalized spacial score (nSPS) is 17.8. The molecule has 0 saturated carbocycles. The second-order valence-corrected chi connectivity index (χ2v) is 5.25. The third kappa shape index (κ3) is 4.16. The fourth-order valence-electron chi connectivity index (χ4n) is 2.35. The van der Waals surface area contributed by atoms with E-state index in [0.29, 0.717) is 6.42 Å². The van der Waals surface area contributed by atoms with E-state index in [4.69, 9.17) is 5.73 Å². The lowest BCUT2D eigenvalue weighted by molar-refractivity contribution is -0.122. The number of anilines is 1. The highest BCUT2D eigenvalue weighted by molar-refractivity contribution is 5.76. The zero-order valence-electron chi connectivity index (χ0n) is 12.0. The van der Waals surface area contributed by atoms with Crippen LogP contribution in [0.1, 0.15) is 32.6 Å². The van der Waals surface area contributed by atoms with Gasteiger partial charge in [0, 0.05) is 44.0 Å². The lowest BCUT2D eigenvalue weighted by Gasteiger charge is -2.32. The maximum Gasteiger partial charge on any atom is 0.225 e. The quantitative estimate of drug-likeness (QED) is 0.827. The predicted octanol–water partition coefficient (Wildman–Crippen LogP) is 0.689. The molecule has 1 saturated heterocycles. The number of nitrogens with two attached hydrogens (primary N) is 1. The molecule has 1 amide bonds. The van der Waals surface area contributed by atoms with Crippen LogP contribution >= 0.6 is 0 Å². The number of nitrogens with zero attached hydrogens (tertiary/aromatic N) is 3. The Morgan fingerprint density at radius 2 is 2.10 bits per heavy atom. The molecule has 1 unspecified atom stereocenters. The first kappa shape index (κ1) is 14.7. The van der Waals surface area contributed by atoms with Crippen LogP contribution in [0.25, 0.3) is 0 Å². The van der Waals surface area contributed by atoms with E-state index in [1.807, 2.05) is 13.0 Å². The number of piperidine rings is 1. The molecule has 110 valence electrons. The molecule has 1 fully saturated rings. The van der Waals surface area contributed by atoms with Crippen molar-refractivity contribution >= 4 is 11.9 Å². The summed E-state index contributed by atoms with van der Waals surface area (Å²) in [6.07, 6.45) is 6.59. The smallest absolute Gasteiger partial charge is 0.225 e. The van der Waals surface area contributed by atoms with Gasteiger partial charge in [0.05, 0.1) is 0 Å². The van der Waals surface area contributed by atoms with Gasteiger partial charge in [-0.05, 0) is 25.3 Å². The Morgan fingerprint density at radius 3 is 2.70 bits per heavy atom. The predicted molar refractivity (Wildman–Crippen MR) is 78.3 cm³/mol. The highest BCUT2D eigenvalue weighted by atomic mass is 16.1. The zero-order chi connectivity index (χ0) is 14.4. The van der Waals surface area contributed by atoms with Crippen LogP contribution in [-0.2, 0) is 4.79 Å². The fraction of sp³-hybridized carbons (Fsp3) is 0.643. The van der Waals surface area contributed by atoms with Crippen LogP contribution in [-0.4, -0.2) is 41.0 Å². The number of hydrogen-bond acceptors (Lipinski definition) is 5. The third-order valence-corrected chi connectivity index (χ3v) is 3.67. The van der Waals surface area contributed by atoms with Crippen LogP contribution in [0.5, 0.6) is 0 Å². The van der Waals surface area contributed by atoms with Gasteiger partial charge >= 0.3 is 0 Å². The second-order valence-electron chi connectivity index (χ2n) is 5.25. The van der Waals surface area contributed by atoms with Crippen LogP contribution in [0, 0.1) is 0 Å². The van der Waals surface area contributed by atoms with E-state index >= 15 is 0 Å². The Bertz CT molecular complexity index is 417. The van der Waals surface area contributed by atoms with Gasteiger partial charge in [-0.2, -0.15) is 0 Å². The number of amides is 1. The van der Waals surface area contributed by atoms with Crippen LogP contribution < -0.4 is 16.0 Å². The molecule has 1 atom stereocenters. The SMILES string of the molecule is CCC(N)CC(=O)NC1CCN(c2ncccn2)CC1. The van der Waals surface area contributed by atoms with Crippen molar-refractivity contribution in [1.29, 1.82) is 0 Å². The van der Waals surface area contributed by atoms with E-state index in [1.54, 1.807) is 12.4 Å². The molecule has 1 aliphatic rings. The Kier molecular flexibility index (Phi) is 5.29. The molecule has 1 aromatic rings. The molecule has 2 heterocycles. The van der Waals surface area contributed by atoms with Gasteiger partial charge in [-0.25, -0.2) is 9.97 Å². The van der Waals surface area contributed by atoms with Gasteiger partial charge in [0.25, 0.3) is 0 Å². The van der Waals surface area contributed by atoms with Crippen molar-refractivity contribution in [2.75, 3.05) is 18.0 Å². The van der Waals surface area contributed by atoms with E-state index in [2.05, 4.69) is 20.2 Å². The van der Waals surface area contributed by atoms with Gasteiger partial charge in [-0.15, -0.1) is 0 Å². The van der Waals surface area contributed by atoms with Crippen LogP contribution in [0.3, 0.4) is 0 Å². The van der Waals surface area contributed by atoms with Crippen molar-refractivity contribution in [2.45, 2.75) is 44.7 Å². The fourth-order valence-corrected chi connectivity index (χ4v) is 2.35. The highest BCUT2D eigenvalue weighted by Gasteiger charge is 2.22. The molecular weight excluding hydrogens is 254 g/mol. The molecule has 20 heavy (non-hydrogen) atoms. The molecule has 0 spiro atoms. The molecular formula is C14H23N5O. The molecule has 0 aromatic carbocycles. The molecule has 1 aromatic heterocycles. The second kappa shape index (κ2) is 7.19. The summed E-state index contributed by atoms with van der Waals surface area (Å²) in [6.45, 7) is 3.74. The lowest BCUT2D eigenvalue weighted by atomic mass is 10.0. The van der Waals surface area contributed by atoms with Crippen molar-refractivity contribution in [3.63, 3.8) is 0 Å². The summed E-state index contributed by atoms with van der Waals surface area (Å²) >= 11 is 0. The van der Waals surface area contributed by atoms with Gasteiger partial charge in [-0.3, -0.25) is 4.79 Å². The summed E-state index contributed by atoms with van der Waals surface area (Å²) in [7, 11) is 0. The van der Waals surface area contributed by atoms with E-state index in [0.717, 1.165) is 38.3 Å². The average molecular weight is 277 g/mol. The molecule has 0 bridgehead atoms. The summed E-state index contributed by atoms with van der Waals surface area (Å²) in [6, 6.07) is 2.02. The van der Waals surface area contributed by atoms with Crippen LogP contribution in [0.4, 0.5) is 5.95 Å². The number of carbonyl (C=O) groups is 1. The Balaban J connectivity index is 1.76. The Morgan fingerprint density at radius 1 is 1.45 bits per heavy atom. The first-order valence-corrected chi connectivity index (χ1v) is 7.26.